The molecular weight excluding hydrogens is 621 g/mol. The zero-order chi connectivity index (χ0) is 31.9. The molecule has 232 valence electrons. The lowest BCUT2D eigenvalue weighted by atomic mass is 10.1. The van der Waals surface area contributed by atoms with Gasteiger partial charge in [-0.15, -0.1) is 24.5 Å². The first-order chi connectivity index (χ1) is 21.0. The van der Waals surface area contributed by atoms with E-state index in [1.807, 2.05) is 6.92 Å². The molecule has 0 aliphatic carbocycles. The Hall–Kier alpha value is -4.49. The summed E-state index contributed by atoms with van der Waals surface area (Å²) in [6.07, 6.45) is -4.37. The van der Waals surface area contributed by atoms with Crippen LogP contribution in [0.4, 0.5) is 23.7 Å². The van der Waals surface area contributed by atoms with Crippen LogP contribution in [0.15, 0.2) is 71.0 Å². The summed E-state index contributed by atoms with van der Waals surface area (Å²) in [6.45, 7) is 2.43. The van der Waals surface area contributed by atoms with Gasteiger partial charge < -0.3 is 29.4 Å². The fraction of sp³-hybridized carbons (Fsp3) is 0.233. The summed E-state index contributed by atoms with van der Waals surface area (Å²) < 4.78 is 54.2. The molecule has 4 aromatic rings. The highest BCUT2D eigenvalue weighted by Gasteiger charge is 2.31. The summed E-state index contributed by atoms with van der Waals surface area (Å²) >= 11 is 7.23. The average Bonchev–Trinajstić information content (AvgIpc) is 3.38. The second-order valence-electron chi connectivity index (χ2n) is 9.31. The molecule has 0 atom stereocenters. The predicted octanol–water partition coefficient (Wildman–Crippen LogP) is 7.05. The van der Waals surface area contributed by atoms with Crippen molar-refractivity contribution >= 4 is 40.6 Å². The van der Waals surface area contributed by atoms with Crippen LogP contribution in [0.5, 0.6) is 17.2 Å². The highest BCUT2D eigenvalue weighted by atomic mass is 35.5. The Kier molecular flexibility index (Phi) is 10.6. The molecule has 0 radical (unpaired) electrons. The van der Waals surface area contributed by atoms with Gasteiger partial charge in [0, 0.05) is 35.2 Å². The third-order valence-corrected chi connectivity index (χ3v) is 7.57. The first kappa shape index (κ1) is 32.4. The number of ether oxygens (including phenoxy) is 3. The van der Waals surface area contributed by atoms with Crippen LogP contribution in [0.25, 0.3) is 11.3 Å². The molecule has 0 saturated carbocycles. The van der Waals surface area contributed by atoms with Crippen LogP contribution in [0.1, 0.15) is 22.3 Å². The molecule has 4 rings (SSSR count). The first-order valence-electron chi connectivity index (χ1n) is 13.1. The van der Waals surface area contributed by atoms with E-state index in [0.29, 0.717) is 45.5 Å². The van der Waals surface area contributed by atoms with Crippen LogP contribution in [0, 0.1) is 6.92 Å². The van der Waals surface area contributed by atoms with Crippen molar-refractivity contribution in [2.24, 2.45) is 4.99 Å². The number of halogens is 4. The van der Waals surface area contributed by atoms with Crippen LogP contribution in [-0.4, -0.2) is 43.6 Å². The Balaban J connectivity index is 1.56. The van der Waals surface area contributed by atoms with Crippen LogP contribution >= 0.6 is 22.9 Å². The van der Waals surface area contributed by atoms with Gasteiger partial charge in [0.2, 0.25) is 0 Å². The molecule has 0 unspecified atom stereocenters. The number of anilines is 1. The molecule has 0 spiro atoms. The second kappa shape index (κ2) is 14.3. The Morgan fingerprint density at radius 2 is 1.73 bits per heavy atom. The molecule has 1 aromatic heterocycles. The summed E-state index contributed by atoms with van der Waals surface area (Å²) in [5.74, 6) is -0.127. The van der Waals surface area contributed by atoms with Gasteiger partial charge in [0.15, 0.2) is 4.80 Å². The van der Waals surface area contributed by atoms with Crippen molar-refractivity contribution in [3.05, 3.63) is 87.0 Å². The minimum Gasteiger partial charge on any atom is -0.497 e. The maximum atomic E-state index is 13.2. The van der Waals surface area contributed by atoms with E-state index in [1.54, 1.807) is 46.3 Å². The first-order valence-corrected chi connectivity index (χ1v) is 14.4. The number of rotatable bonds is 10. The summed E-state index contributed by atoms with van der Waals surface area (Å²) in [5.41, 5.74) is 2.82. The molecule has 0 fully saturated rings. The van der Waals surface area contributed by atoms with E-state index in [2.05, 4.69) is 20.4 Å². The van der Waals surface area contributed by atoms with Gasteiger partial charge in [-0.2, -0.15) is 4.99 Å². The Bertz CT molecular complexity index is 1700. The Morgan fingerprint density at radius 1 is 1.00 bits per heavy atom. The largest absolute Gasteiger partial charge is 0.573 e. The quantitative estimate of drug-likeness (QED) is 0.180. The Labute approximate surface area is 259 Å². The summed E-state index contributed by atoms with van der Waals surface area (Å²) in [7, 11) is 2.92. The molecule has 0 saturated heterocycles. The van der Waals surface area contributed by atoms with Crippen molar-refractivity contribution in [1.29, 1.82) is 0 Å². The van der Waals surface area contributed by atoms with E-state index >= 15 is 0 Å². The maximum Gasteiger partial charge on any atom is 0.573 e. The fourth-order valence-corrected chi connectivity index (χ4v) is 5.20. The van der Waals surface area contributed by atoms with Crippen LogP contribution < -0.4 is 29.6 Å². The number of hydrogen-bond donors (Lipinski definition) is 2. The normalized spacial score (nSPS) is 11.7. The monoisotopic (exact) mass is 648 g/mol. The minimum absolute atomic E-state index is 0.222. The lowest BCUT2D eigenvalue weighted by molar-refractivity contribution is -0.274. The minimum atomic E-state index is -4.82. The van der Waals surface area contributed by atoms with Crippen molar-refractivity contribution in [2.75, 3.05) is 26.1 Å². The smallest absolute Gasteiger partial charge is 0.497 e. The van der Waals surface area contributed by atoms with E-state index < -0.39 is 18.3 Å². The number of alkyl halides is 3. The number of aromatic nitrogens is 1. The van der Waals surface area contributed by atoms with Crippen LogP contribution in [0.3, 0.4) is 0 Å². The van der Waals surface area contributed by atoms with Crippen molar-refractivity contribution in [3.8, 4) is 28.5 Å². The summed E-state index contributed by atoms with van der Waals surface area (Å²) in [6, 6.07) is 14.8. The number of carbonyl (C=O) groups excluding carboxylic acids is 2. The molecular formula is C30H28ClF3N4O5S. The van der Waals surface area contributed by atoms with Gasteiger partial charge in [0.1, 0.15) is 17.2 Å². The molecule has 1 heterocycles. The average molecular weight is 649 g/mol. The fourth-order valence-electron chi connectivity index (χ4n) is 4.15. The molecule has 44 heavy (non-hydrogen) atoms. The van der Waals surface area contributed by atoms with E-state index in [0.717, 1.165) is 5.56 Å². The second-order valence-corrected chi connectivity index (χ2v) is 10.6. The van der Waals surface area contributed by atoms with Gasteiger partial charge >= 0.3 is 12.4 Å². The number of methoxy groups -OCH3 is 2. The van der Waals surface area contributed by atoms with Gasteiger partial charge in [0.25, 0.3) is 5.91 Å². The number of benzene rings is 3. The van der Waals surface area contributed by atoms with Crippen molar-refractivity contribution < 1.29 is 37.0 Å². The third kappa shape index (κ3) is 8.54. The number of nitrogens with zero attached hydrogens (tertiary/aromatic N) is 2. The number of hydrogen-bond acceptors (Lipinski definition) is 6. The highest BCUT2D eigenvalue weighted by Crippen LogP contribution is 2.28. The summed E-state index contributed by atoms with van der Waals surface area (Å²) in [4.78, 5) is 30.3. The topological polar surface area (TPSA) is 103 Å². The molecule has 0 aliphatic heterocycles. The number of urea groups is 1. The van der Waals surface area contributed by atoms with Crippen molar-refractivity contribution in [2.45, 2.75) is 26.3 Å². The zero-order valence-corrected chi connectivity index (χ0v) is 25.4. The number of aryl methyl sites for hydroxylation is 1. The molecule has 2 N–H and O–H groups in total. The van der Waals surface area contributed by atoms with E-state index in [9.17, 15) is 22.8 Å². The maximum absolute atomic E-state index is 13.2. The van der Waals surface area contributed by atoms with Gasteiger partial charge in [-0.05, 0) is 79.1 Å². The number of thiazole rings is 1. The van der Waals surface area contributed by atoms with Crippen molar-refractivity contribution in [1.82, 2.24) is 9.88 Å². The SMILES string of the molecule is COc1ccc(C(=O)N=c2scc(-c3ccc(OC(F)(F)F)cc3)n2CCCNC(=O)Nc2ccc(Cl)c(C)c2)c(OC)c1. The van der Waals surface area contributed by atoms with E-state index in [4.69, 9.17) is 21.1 Å². The van der Waals surface area contributed by atoms with Gasteiger partial charge in [-0.1, -0.05) is 11.6 Å². The lowest BCUT2D eigenvalue weighted by Gasteiger charge is -2.12. The molecule has 9 nitrogen and oxygen atoms in total. The number of amides is 3. The van der Waals surface area contributed by atoms with Crippen LogP contribution in [-0.2, 0) is 6.54 Å². The Morgan fingerprint density at radius 3 is 2.39 bits per heavy atom. The van der Waals surface area contributed by atoms with Gasteiger partial charge in [-0.25, -0.2) is 4.79 Å². The summed E-state index contributed by atoms with van der Waals surface area (Å²) in [5, 5.41) is 7.87. The number of carbonyl (C=O) groups is 2. The lowest BCUT2D eigenvalue weighted by Crippen LogP contribution is -2.30. The molecule has 3 amide bonds. The van der Waals surface area contributed by atoms with Gasteiger partial charge in [0.05, 0.1) is 25.5 Å². The van der Waals surface area contributed by atoms with E-state index in [1.165, 1.54) is 49.8 Å². The zero-order valence-electron chi connectivity index (χ0n) is 23.8. The molecule has 3 aromatic carbocycles. The molecule has 0 aliphatic rings. The van der Waals surface area contributed by atoms with E-state index in [-0.39, 0.29) is 23.6 Å². The molecule has 14 heteroatoms. The predicted molar refractivity (Wildman–Crippen MR) is 162 cm³/mol. The highest BCUT2D eigenvalue weighted by molar-refractivity contribution is 7.07. The molecule has 0 bridgehead atoms. The number of nitrogens with one attached hydrogen (secondary N) is 2. The standard InChI is InChI=1S/C30H28ClF3N4O5S/c1-18-15-20(7-12-24(18)31)36-28(40)35-13-4-14-38-25(19-5-8-21(9-6-19)43-30(32,33)34)17-44-29(38)37-27(39)23-11-10-22(41-2)16-26(23)42-3/h5-12,15-17H,4,13-14H2,1-3H3,(H2,35,36,40). The van der Waals surface area contributed by atoms with Gasteiger partial charge in [-0.3, -0.25) is 4.79 Å². The van der Waals surface area contributed by atoms with Crippen LogP contribution in [0.2, 0.25) is 5.02 Å². The third-order valence-electron chi connectivity index (χ3n) is 6.28. The van der Waals surface area contributed by atoms with Crippen molar-refractivity contribution in [3.63, 3.8) is 0 Å².